The third-order valence-electron chi connectivity index (χ3n) is 0.878. The van der Waals surface area contributed by atoms with Gasteiger partial charge in [0, 0.05) is 0 Å². The number of allylic oxidation sites excluding steroid dienone is 3. The first kappa shape index (κ1) is 12.1. The van der Waals surface area contributed by atoms with E-state index in [1.54, 1.807) is 12.2 Å². The quantitative estimate of drug-likeness (QED) is 0.233. The summed E-state index contributed by atoms with van der Waals surface area (Å²) in [5.41, 5.74) is 0. The molecule has 0 fully saturated rings. The van der Waals surface area contributed by atoms with Gasteiger partial charge in [0.2, 0.25) is 0 Å². The average Bonchev–Trinajstić information content (AvgIpc) is 1.85. The van der Waals surface area contributed by atoms with Gasteiger partial charge in [-0.2, -0.15) is 6.26 Å². The van der Waals surface area contributed by atoms with E-state index in [2.05, 4.69) is 5.92 Å². The minimum Gasteiger partial charge on any atom is -0.878 e. The first-order chi connectivity index (χ1) is 4.31. The summed E-state index contributed by atoms with van der Waals surface area (Å²) in [5.74, 6) is 2.49. The summed E-state index contributed by atoms with van der Waals surface area (Å²) in [6, 6.07) is 0. The van der Waals surface area contributed by atoms with Gasteiger partial charge in [0.25, 0.3) is 0 Å². The smallest absolute Gasteiger partial charge is 0.878 e. The van der Waals surface area contributed by atoms with Crippen LogP contribution in [0.3, 0.4) is 0 Å². The molecule has 0 aliphatic heterocycles. The van der Waals surface area contributed by atoms with E-state index in [9.17, 15) is 5.11 Å². The molecule has 0 rings (SSSR count). The van der Waals surface area contributed by atoms with Crippen LogP contribution in [0.1, 0.15) is 6.92 Å². The molecule has 1 nitrogen and oxygen atoms in total. The van der Waals surface area contributed by atoms with Crippen molar-refractivity contribution < 1.29 is 24.0 Å². The van der Waals surface area contributed by atoms with Crippen LogP contribution in [-0.4, -0.2) is 0 Å². The Morgan fingerprint density at radius 1 is 1.50 bits per heavy atom. The van der Waals surface area contributed by atoms with Crippen LogP contribution in [0, 0.1) is 18.3 Å². The van der Waals surface area contributed by atoms with Gasteiger partial charge in [-0.3, -0.25) is 0 Å². The van der Waals surface area contributed by atoms with Crippen molar-refractivity contribution in [3.8, 4) is 12.3 Å². The van der Waals surface area contributed by atoms with Crippen LogP contribution in [0.25, 0.3) is 0 Å². The molecule has 0 aliphatic rings. The molecular weight excluding hydrogens is 119 g/mol. The molecule has 1 atom stereocenters. The molecule has 0 amide bonds. The summed E-state index contributed by atoms with van der Waals surface area (Å²) >= 11 is 0. The van der Waals surface area contributed by atoms with E-state index in [-0.39, 0.29) is 24.8 Å². The van der Waals surface area contributed by atoms with Crippen molar-refractivity contribution in [2.75, 3.05) is 0 Å². The molecule has 0 saturated heterocycles. The van der Waals surface area contributed by atoms with Crippen molar-refractivity contribution >= 4 is 0 Å². The Morgan fingerprint density at radius 3 is 2.50 bits per heavy atom. The maximum absolute atomic E-state index is 9.84. The summed E-state index contributed by atoms with van der Waals surface area (Å²) in [6.07, 6.45) is 10.6. The molecule has 0 aliphatic carbocycles. The molecular formula is C8H9LiO. The molecule has 0 N–H and O–H groups in total. The van der Waals surface area contributed by atoms with Gasteiger partial charge in [-0.25, -0.2) is 0 Å². The SMILES string of the molecule is C#C/C=C/C(C)/C=C/[O-].[Li+]. The number of rotatable bonds is 2. The Labute approximate surface area is 74.0 Å². The van der Waals surface area contributed by atoms with E-state index in [4.69, 9.17) is 6.42 Å². The van der Waals surface area contributed by atoms with Gasteiger partial charge in [-0.05, 0) is 12.0 Å². The van der Waals surface area contributed by atoms with Crippen LogP contribution in [0.4, 0.5) is 0 Å². The first-order valence-corrected chi connectivity index (χ1v) is 2.72. The van der Waals surface area contributed by atoms with E-state index >= 15 is 0 Å². The van der Waals surface area contributed by atoms with Gasteiger partial charge in [-0.1, -0.05) is 25.0 Å². The Morgan fingerprint density at radius 2 is 2.10 bits per heavy atom. The van der Waals surface area contributed by atoms with Crippen molar-refractivity contribution in [1.82, 2.24) is 0 Å². The maximum atomic E-state index is 9.84. The standard InChI is InChI=1S/C8H10O.Li/c1-3-4-5-8(2)6-7-9;/h1,4-9H,2H3;/q;+1/p-1/b5-4+,7-6+;. The zero-order valence-corrected chi connectivity index (χ0v) is 6.37. The van der Waals surface area contributed by atoms with Gasteiger partial charge < -0.3 is 5.11 Å². The van der Waals surface area contributed by atoms with Crippen LogP contribution < -0.4 is 24.0 Å². The zero-order chi connectivity index (χ0) is 7.11. The first-order valence-electron chi connectivity index (χ1n) is 2.72. The Bertz CT molecular complexity index is 153. The fourth-order valence-corrected chi connectivity index (χ4v) is 0.395. The predicted octanol–water partition coefficient (Wildman–Crippen LogP) is -2.31. The van der Waals surface area contributed by atoms with Crippen molar-refractivity contribution in [3.63, 3.8) is 0 Å². The van der Waals surface area contributed by atoms with Crippen LogP contribution in [0.15, 0.2) is 24.5 Å². The summed E-state index contributed by atoms with van der Waals surface area (Å²) in [4.78, 5) is 0. The Kier molecular flexibility index (Phi) is 10.2. The van der Waals surface area contributed by atoms with E-state index < -0.39 is 0 Å². The molecule has 1 unspecified atom stereocenters. The second kappa shape index (κ2) is 8.44. The van der Waals surface area contributed by atoms with E-state index in [1.165, 1.54) is 6.08 Å². The van der Waals surface area contributed by atoms with Crippen molar-refractivity contribution in [2.45, 2.75) is 6.92 Å². The summed E-state index contributed by atoms with van der Waals surface area (Å²) < 4.78 is 0. The number of hydrogen-bond acceptors (Lipinski definition) is 1. The van der Waals surface area contributed by atoms with E-state index in [1.807, 2.05) is 6.92 Å². The second-order valence-corrected chi connectivity index (χ2v) is 1.71. The van der Waals surface area contributed by atoms with Crippen LogP contribution >= 0.6 is 0 Å². The Hall–Kier alpha value is -0.563. The van der Waals surface area contributed by atoms with Crippen LogP contribution in [0.5, 0.6) is 0 Å². The zero-order valence-electron chi connectivity index (χ0n) is 6.37. The molecule has 48 valence electrons. The van der Waals surface area contributed by atoms with Gasteiger partial charge in [0.15, 0.2) is 0 Å². The average molecular weight is 128 g/mol. The van der Waals surface area contributed by atoms with Gasteiger partial charge in [-0.15, -0.1) is 6.42 Å². The molecule has 0 aromatic rings. The fraction of sp³-hybridized carbons (Fsp3) is 0.250. The normalized spacial score (nSPS) is 12.8. The molecule has 0 heterocycles. The minimum absolute atomic E-state index is 0. The van der Waals surface area contributed by atoms with Crippen molar-refractivity contribution in [3.05, 3.63) is 24.5 Å². The predicted molar refractivity (Wildman–Crippen MR) is 36.3 cm³/mol. The molecule has 0 aromatic carbocycles. The largest absolute Gasteiger partial charge is 1.00 e. The Balaban J connectivity index is 0. The second-order valence-electron chi connectivity index (χ2n) is 1.71. The number of hydrogen-bond donors (Lipinski definition) is 0. The summed E-state index contributed by atoms with van der Waals surface area (Å²) in [7, 11) is 0. The fourth-order valence-electron chi connectivity index (χ4n) is 0.395. The minimum atomic E-state index is 0. The van der Waals surface area contributed by atoms with E-state index in [0.29, 0.717) is 0 Å². The molecule has 0 radical (unpaired) electrons. The number of terminal acetylenes is 1. The summed E-state index contributed by atoms with van der Waals surface area (Å²) in [6.45, 7) is 1.89. The molecule has 10 heavy (non-hydrogen) atoms. The van der Waals surface area contributed by atoms with Crippen LogP contribution in [-0.2, 0) is 0 Å². The van der Waals surface area contributed by atoms with Crippen molar-refractivity contribution in [2.24, 2.45) is 5.92 Å². The molecule has 0 spiro atoms. The van der Waals surface area contributed by atoms with Gasteiger partial charge >= 0.3 is 18.9 Å². The topological polar surface area (TPSA) is 23.1 Å². The third kappa shape index (κ3) is 7.44. The molecule has 0 bridgehead atoms. The molecule has 2 heteroatoms. The van der Waals surface area contributed by atoms with Crippen LogP contribution in [0.2, 0.25) is 0 Å². The molecule has 0 saturated carbocycles. The van der Waals surface area contributed by atoms with E-state index in [0.717, 1.165) is 6.26 Å². The summed E-state index contributed by atoms with van der Waals surface area (Å²) in [5, 5.41) is 9.84. The van der Waals surface area contributed by atoms with Gasteiger partial charge in [0.05, 0.1) is 0 Å². The monoisotopic (exact) mass is 128 g/mol. The molecule has 0 aromatic heterocycles. The van der Waals surface area contributed by atoms with Crippen molar-refractivity contribution in [1.29, 1.82) is 0 Å². The maximum Gasteiger partial charge on any atom is 1.00 e. The third-order valence-corrected chi connectivity index (χ3v) is 0.878. The van der Waals surface area contributed by atoms with Gasteiger partial charge in [0.1, 0.15) is 0 Å².